The third kappa shape index (κ3) is 4.24. The second-order valence-electron chi connectivity index (χ2n) is 7.20. The lowest BCUT2D eigenvalue weighted by atomic mass is 9.79. The van der Waals surface area contributed by atoms with Crippen molar-refractivity contribution in [1.29, 1.82) is 0 Å². The molecule has 0 unspecified atom stereocenters. The molecule has 0 amide bonds. The van der Waals surface area contributed by atoms with E-state index in [1.54, 1.807) is 0 Å². The number of ether oxygens (including phenoxy) is 1. The fraction of sp³-hybridized carbons (Fsp3) is 0.364. The number of carbonyl (C=O) groups excluding carboxylic acids is 1. The van der Waals surface area contributed by atoms with Crippen molar-refractivity contribution >= 4 is 11.9 Å². The lowest BCUT2D eigenvalue weighted by Crippen LogP contribution is -2.46. The number of aliphatic carboxylic acids is 1. The first-order valence-electron chi connectivity index (χ1n) is 9.36. The van der Waals surface area contributed by atoms with Crippen LogP contribution in [0.15, 0.2) is 60.7 Å². The Kier molecular flexibility index (Phi) is 6.11. The summed E-state index contributed by atoms with van der Waals surface area (Å²) in [5.41, 5.74) is 0.284. The van der Waals surface area contributed by atoms with Crippen molar-refractivity contribution in [1.82, 2.24) is 4.90 Å². The predicted octanol–water partition coefficient (Wildman–Crippen LogP) is 2.40. The smallest absolute Gasteiger partial charge is 0.306 e. The average Bonchev–Trinajstić information content (AvgIpc) is 3.07. The fourth-order valence-corrected chi connectivity index (χ4v) is 3.92. The van der Waals surface area contributed by atoms with Crippen LogP contribution in [0.25, 0.3) is 0 Å². The van der Waals surface area contributed by atoms with Crippen molar-refractivity contribution in [2.45, 2.75) is 37.0 Å². The maximum absolute atomic E-state index is 11.9. The zero-order chi connectivity index (χ0) is 20.1. The molecule has 2 aromatic carbocycles. The molecule has 1 saturated heterocycles. The molecule has 1 aliphatic rings. The van der Waals surface area contributed by atoms with Gasteiger partial charge in [0, 0.05) is 13.0 Å². The zero-order valence-electron chi connectivity index (χ0n) is 15.8. The van der Waals surface area contributed by atoms with Crippen LogP contribution in [0.5, 0.6) is 0 Å². The highest BCUT2D eigenvalue weighted by atomic mass is 16.5. The van der Waals surface area contributed by atoms with Gasteiger partial charge in [0.2, 0.25) is 0 Å². The third-order valence-electron chi connectivity index (χ3n) is 5.26. The molecule has 28 heavy (non-hydrogen) atoms. The van der Waals surface area contributed by atoms with E-state index >= 15 is 0 Å². The number of carboxylic acid groups (broad SMARTS) is 1. The normalized spacial score (nSPS) is 20.1. The van der Waals surface area contributed by atoms with Crippen LogP contribution in [-0.2, 0) is 19.9 Å². The molecule has 0 radical (unpaired) electrons. The molecule has 0 bridgehead atoms. The molecule has 0 aromatic heterocycles. The summed E-state index contributed by atoms with van der Waals surface area (Å²) < 4.78 is 5.47. The van der Waals surface area contributed by atoms with Crippen molar-refractivity contribution in [2.24, 2.45) is 0 Å². The van der Waals surface area contributed by atoms with Crippen LogP contribution in [0.3, 0.4) is 0 Å². The Bertz CT molecular complexity index is 769. The van der Waals surface area contributed by atoms with Gasteiger partial charge in [-0.1, -0.05) is 60.7 Å². The molecule has 0 spiro atoms. The van der Waals surface area contributed by atoms with Gasteiger partial charge in [-0.15, -0.1) is 0 Å². The second kappa shape index (κ2) is 8.54. The van der Waals surface area contributed by atoms with E-state index < -0.39 is 23.6 Å². The molecule has 6 nitrogen and oxygen atoms in total. The van der Waals surface area contributed by atoms with E-state index in [1.165, 1.54) is 0 Å². The number of carbonyl (C=O) groups is 2. The summed E-state index contributed by atoms with van der Waals surface area (Å²) in [5.74, 6) is -1.55. The third-order valence-corrected chi connectivity index (χ3v) is 5.26. The minimum Gasteiger partial charge on any atom is -0.481 e. The standard InChI is InChI=1S/C22H25NO5/c1-23-15-18(28-21(26)13-12-20(24)25)14-19(23)22(27,16-8-4-2-5-9-16)17-10-6-3-7-11-17/h2-11,18-19,27H,12-15H2,1H3,(H,24,25)/t18-,19+/m1/s1. The van der Waals surface area contributed by atoms with Gasteiger partial charge in [0.1, 0.15) is 11.7 Å². The monoisotopic (exact) mass is 383 g/mol. The van der Waals surface area contributed by atoms with Gasteiger partial charge in [-0.25, -0.2) is 0 Å². The van der Waals surface area contributed by atoms with Crippen molar-refractivity contribution in [2.75, 3.05) is 13.6 Å². The Morgan fingerprint density at radius 2 is 1.57 bits per heavy atom. The number of aliphatic hydroxyl groups is 1. The van der Waals surface area contributed by atoms with Crippen LogP contribution in [0.4, 0.5) is 0 Å². The molecule has 1 heterocycles. The first kappa shape index (κ1) is 20.0. The van der Waals surface area contributed by atoms with E-state index in [4.69, 9.17) is 9.84 Å². The number of likely N-dealkylation sites (tertiary alicyclic amines) is 1. The summed E-state index contributed by atoms with van der Waals surface area (Å²) in [6.07, 6.45) is -0.337. The highest BCUT2D eigenvalue weighted by Crippen LogP contribution is 2.40. The van der Waals surface area contributed by atoms with E-state index in [1.807, 2.05) is 72.6 Å². The van der Waals surface area contributed by atoms with E-state index in [9.17, 15) is 14.7 Å². The average molecular weight is 383 g/mol. The minimum absolute atomic E-state index is 0.151. The Morgan fingerprint density at radius 3 is 2.07 bits per heavy atom. The molecule has 2 atom stereocenters. The summed E-state index contributed by atoms with van der Waals surface area (Å²) in [6.45, 7) is 0.478. The SMILES string of the molecule is CN1C[C@H](OC(=O)CCC(=O)O)C[C@H]1C(O)(c1ccccc1)c1ccccc1. The molecule has 0 saturated carbocycles. The number of carboxylic acids is 1. The number of likely N-dealkylation sites (N-methyl/N-ethyl adjacent to an activating group) is 1. The van der Waals surface area contributed by atoms with Gasteiger partial charge < -0.3 is 14.9 Å². The van der Waals surface area contributed by atoms with Crippen molar-refractivity contribution in [3.05, 3.63) is 71.8 Å². The van der Waals surface area contributed by atoms with Gasteiger partial charge in [0.05, 0.1) is 18.9 Å². The molecule has 3 rings (SSSR count). The fourth-order valence-electron chi connectivity index (χ4n) is 3.92. The zero-order valence-corrected chi connectivity index (χ0v) is 15.8. The summed E-state index contributed by atoms with van der Waals surface area (Å²) in [6, 6.07) is 18.7. The lowest BCUT2D eigenvalue weighted by molar-refractivity contribution is -0.151. The summed E-state index contributed by atoms with van der Waals surface area (Å²) in [7, 11) is 1.90. The van der Waals surface area contributed by atoms with Gasteiger partial charge in [-0.2, -0.15) is 0 Å². The highest BCUT2D eigenvalue weighted by Gasteiger charge is 2.47. The molecule has 1 aliphatic heterocycles. The Hall–Kier alpha value is -2.70. The van der Waals surface area contributed by atoms with Gasteiger partial charge in [0.25, 0.3) is 0 Å². The van der Waals surface area contributed by atoms with Gasteiger partial charge in [-0.3, -0.25) is 14.5 Å². The van der Waals surface area contributed by atoms with E-state index in [2.05, 4.69) is 0 Å². The van der Waals surface area contributed by atoms with E-state index in [0.29, 0.717) is 13.0 Å². The Balaban J connectivity index is 1.83. The summed E-state index contributed by atoms with van der Waals surface area (Å²) in [4.78, 5) is 24.6. The van der Waals surface area contributed by atoms with Crippen LogP contribution in [0, 0.1) is 0 Å². The van der Waals surface area contributed by atoms with Crippen LogP contribution >= 0.6 is 0 Å². The van der Waals surface area contributed by atoms with E-state index in [0.717, 1.165) is 11.1 Å². The number of esters is 1. The van der Waals surface area contributed by atoms with Crippen LogP contribution < -0.4 is 0 Å². The molecule has 1 fully saturated rings. The topological polar surface area (TPSA) is 87.1 Å². The number of nitrogens with zero attached hydrogens (tertiary/aromatic N) is 1. The molecular formula is C22H25NO5. The molecule has 2 N–H and O–H groups in total. The molecular weight excluding hydrogens is 358 g/mol. The predicted molar refractivity (Wildman–Crippen MR) is 104 cm³/mol. The van der Waals surface area contributed by atoms with Crippen molar-refractivity contribution in [3.8, 4) is 0 Å². The van der Waals surface area contributed by atoms with Crippen LogP contribution in [0.2, 0.25) is 0 Å². The molecule has 0 aliphatic carbocycles. The first-order valence-corrected chi connectivity index (χ1v) is 9.36. The Morgan fingerprint density at radius 1 is 1.04 bits per heavy atom. The van der Waals surface area contributed by atoms with Crippen molar-refractivity contribution in [3.63, 3.8) is 0 Å². The molecule has 6 heteroatoms. The largest absolute Gasteiger partial charge is 0.481 e. The van der Waals surface area contributed by atoms with E-state index in [-0.39, 0.29) is 18.9 Å². The highest BCUT2D eigenvalue weighted by molar-refractivity contribution is 5.76. The Labute approximate surface area is 164 Å². The summed E-state index contributed by atoms with van der Waals surface area (Å²) >= 11 is 0. The van der Waals surface area contributed by atoms with Gasteiger partial charge in [0.15, 0.2) is 0 Å². The maximum atomic E-state index is 11.9. The quantitative estimate of drug-likeness (QED) is 0.714. The van der Waals surface area contributed by atoms with Crippen molar-refractivity contribution < 1.29 is 24.5 Å². The number of hydrogen-bond acceptors (Lipinski definition) is 5. The first-order chi connectivity index (χ1) is 13.4. The van der Waals surface area contributed by atoms with Gasteiger partial charge >= 0.3 is 11.9 Å². The van der Waals surface area contributed by atoms with Gasteiger partial charge in [-0.05, 0) is 18.2 Å². The lowest BCUT2D eigenvalue weighted by Gasteiger charge is -2.38. The number of hydrogen-bond donors (Lipinski definition) is 2. The van der Waals surface area contributed by atoms with Crippen LogP contribution in [0.1, 0.15) is 30.4 Å². The van der Waals surface area contributed by atoms with Crippen LogP contribution in [-0.4, -0.2) is 52.8 Å². The minimum atomic E-state index is -1.26. The molecule has 2 aromatic rings. The number of benzene rings is 2. The second-order valence-corrected chi connectivity index (χ2v) is 7.20. The molecule has 148 valence electrons. The number of rotatable bonds is 7. The summed E-state index contributed by atoms with van der Waals surface area (Å²) in [5, 5.41) is 20.6. The maximum Gasteiger partial charge on any atom is 0.306 e.